The highest BCUT2D eigenvalue weighted by Crippen LogP contribution is 2.12. The van der Waals surface area contributed by atoms with Crippen LogP contribution in [0.15, 0.2) is 24.3 Å². The number of ether oxygens (including phenoxy) is 1. The van der Waals surface area contributed by atoms with E-state index in [1.165, 1.54) is 0 Å². The molecule has 0 saturated carbocycles. The van der Waals surface area contributed by atoms with Crippen molar-refractivity contribution < 1.29 is 4.74 Å². The van der Waals surface area contributed by atoms with Crippen molar-refractivity contribution in [2.75, 3.05) is 6.61 Å². The fraction of sp³-hybridized carbons (Fsp3) is 0.300. The number of rotatable bonds is 3. The van der Waals surface area contributed by atoms with E-state index >= 15 is 0 Å². The minimum atomic E-state index is 0.00532. The lowest BCUT2D eigenvalue weighted by Gasteiger charge is -2.08. The molecule has 0 amide bonds. The smallest absolute Gasteiger partial charge is 0.120 e. The van der Waals surface area contributed by atoms with Crippen LogP contribution in [0.2, 0.25) is 0 Å². The fourth-order valence-electron chi connectivity index (χ4n) is 0.883. The predicted molar refractivity (Wildman–Crippen MR) is 50.3 cm³/mol. The number of nitrogens with zero attached hydrogens (tertiary/aromatic N) is 1. The Morgan fingerprint density at radius 3 is 3.00 bits per heavy atom. The minimum absolute atomic E-state index is 0.00532. The number of hydrogen-bond donors (Lipinski definition) is 1. The van der Waals surface area contributed by atoms with Gasteiger partial charge in [-0.1, -0.05) is 6.07 Å². The van der Waals surface area contributed by atoms with Crippen molar-refractivity contribution in [3.05, 3.63) is 29.8 Å². The normalized spacial score (nSPS) is 11.8. The van der Waals surface area contributed by atoms with Crippen LogP contribution in [0.1, 0.15) is 12.5 Å². The third kappa shape index (κ3) is 3.14. The molecule has 0 fully saturated rings. The minimum Gasteiger partial charge on any atom is -0.492 e. The van der Waals surface area contributed by atoms with Crippen molar-refractivity contribution in [1.82, 2.24) is 0 Å². The molecule has 1 aromatic rings. The molecule has 0 aromatic heterocycles. The third-order valence-corrected chi connectivity index (χ3v) is 1.48. The number of nitriles is 1. The summed E-state index contributed by atoms with van der Waals surface area (Å²) in [5, 5.41) is 8.61. The molecular formula is C10H12N2O. The molecule has 0 bridgehead atoms. The van der Waals surface area contributed by atoms with Gasteiger partial charge in [-0.2, -0.15) is 5.26 Å². The highest BCUT2D eigenvalue weighted by Gasteiger charge is 1.97. The molecule has 0 spiro atoms. The summed E-state index contributed by atoms with van der Waals surface area (Å²) < 4.78 is 5.33. The molecule has 1 atom stereocenters. The molecular weight excluding hydrogens is 164 g/mol. The average Bonchev–Trinajstić information content (AvgIpc) is 2.15. The lowest BCUT2D eigenvalue weighted by atomic mass is 10.2. The van der Waals surface area contributed by atoms with Gasteiger partial charge in [-0.3, -0.25) is 0 Å². The Labute approximate surface area is 77.7 Å². The molecule has 3 nitrogen and oxygen atoms in total. The summed E-state index contributed by atoms with van der Waals surface area (Å²) in [6.07, 6.45) is 0. The van der Waals surface area contributed by atoms with E-state index in [2.05, 4.69) is 0 Å². The van der Waals surface area contributed by atoms with Gasteiger partial charge < -0.3 is 10.5 Å². The molecule has 1 rings (SSSR count). The van der Waals surface area contributed by atoms with Crippen molar-refractivity contribution in [3.63, 3.8) is 0 Å². The van der Waals surface area contributed by atoms with Crippen LogP contribution in [0.3, 0.4) is 0 Å². The van der Waals surface area contributed by atoms with Gasteiger partial charge in [0.1, 0.15) is 12.4 Å². The molecule has 0 unspecified atom stereocenters. The first kappa shape index (κ1) is 9.56. The van der Waals surface area contributed by atoms with E-state index in [9.17, 15) is 0 Å². The quantitative estimate of drug-likeness (QED) is 0.754. The summed E-state index contributed by atoms with van der Waals surface area (Å²) in [6.45, 7) is 2.34. The van der Waals surface area contributed by atoms with Gasteiger partial charge >= 0.3 is 0 Å². The summed E-state index contributed by atoms with van der Waals surface area (Å²) in [4.78, 5) is 0. The Morgan fingerprint density at radius 1 is 1.62 bits per heavy atom. The maximum atomic E-state index is 8.61. The summed E-state index contributed by atoms with van der Waals surface area (Å²) in [5.41, 5.74) is 6.12. The zero-order valence-electron chi connectivity index (χ0n) is 7.53. The fourth-order valence-corrected chi connectivity index (χ4v) is 0.883. The largest absolute Gasteiger partial charge is 0.492 e. The van der Waals surface area contributed by atoms with Crippen LogP contribution in [0, 0.1) is 11.3 Å². The summed E-state index contributed by atoms with van der Waals surface area (Å²) in [6, 6.07) is 9.08. The molecule has 68 valence electrons. The van der Waals surface area contributed by atoms with Gasteiger partial charge in [0, 0.05) is 6.04 Å². The van der Waals surface area contributed by atoms with E-state index in [0.29, 0.717) is 17.9 Å². The van der Waals surface area contributed by atoms with E-state index in [-0.39, 0.29) is 6.04 Å². The standard InChI is InChI=1S/C10H12N2O/c1-8(12)7-13-10-4-2-3-9(5-10)6-11/h2-5,8H,7,12H2,1H3/t8-/m0/s1. The van der Waals surface area contributed by atoms with E-state index in [1.807, 2.05) is 19.1 Å². The lowest BCUT2D eigenvalue weighted by Crippen LogP contribution is -2.23. The number of nitrogens with two attached hydrogens (primary N) is 1. The predicted octanol–water partition coefficient (Wildman–Crippen LogP) is 1.28. The third-order valence-electron chi connectivity index (χ3n) is 1.48. The van der Waals surface area contributed by atoms with E-state index in [0.717, 1.165) is 0 Å². The summed E-state index contributed by atoms with van der Waals surface area (Å²) >= 11 is 0. The molecule has 0 radical (unpaired) electrons. The first-order chi connectivity index (χ1) is 6.22. The molecule has 2 N–H and O–H groups in total. The highest BCUT2D eigenvalue weighted by molar-refractivity contribution is 5.36. The van der Waals surface area contributed by atoms with Crippen molar-refractivity contribution in [1.29, 1.82) is 5.26 Å². The van der Waals surface area contributed by atoms with Gasteiger partial charge in [0.2, 0.25) is 0 Å². The summed E-state index contributed by atoms with van der Waals surface area (Å²) in [5.74, 6) is 0.691. The van der Waals surface area contributed by atoms with Gasteiger partial charge in [-0.05, 0) is 25.1 Å². The second kappa shape index (κ2) is 4.48. The molecule has 13 heavy (non-hydrogen) atoms. The monoisotopic (exact) mass is 176 g/mol. The van der Waals surface area contributed by atoms with Gasteiger partial charge in [0.05, 0.1) is 11.6 Å². The number of hydrogen-bond acceptors (Lipinski definition) is 3. The Bertz CT molecular complexity index is 315. The number of benzene rings is 1. The topological polar surface area (TPSA) is 59.0 Å². The lowest BCUT2D eigenvalue weighted by molar-refractivity contribution is 0.296. The molecule has 0 aliphatic heterocycles. The van der Waals surface area contributed by atoms with Gasteiger partial charge in [-0.15, -0.1) is 0 Å². The van der Waals surface area contributed by atoms with Crippen LogP contribution >= 0.6 is 0 Å². The highest BCUT2D eigenvalue weighted by atomic mass is 16.5. The molecule has 3 heteroatoms. The van der Waals surface area contributed by atoms with Crippen LogP contribution in [-0.2, 0) is 0 Å². The van der Waals surface area contributed by atoms with Crippen LogP contribution in [0.5, 0.6) is 5.75 Å². The molecule has 0 saturated heterocycles. The van der Waals surface area contributed by atoms with E-state index in [1.54, 1.807) is 18.2 Å². The Balaban J connectivity index is 2.63. The van der Waals surface area contributed by atoms with Gasteiger partial charge in [0.15, 0.2) is 0 Å². The molecule has 0 aliphatic carbocycles. The van der Waals surface area contributed by atoms with Gasteiger partial charge in [-0.25, -0.2) is 0 Å². The second-order valence-electron chi connectivity index (χ2n) is 2.93. The van der Waals surface area contributed by atoms with Crippen LogP contribution < -0.4 is 10.5 Å². The van der Waals surface area contributed by atoms with Crippen molar-refractivity contribution in [2.45, 2.75) is 13.0 Å². The average molecular weight is 176 g/mol. The Kier molecular flexibility index (Phi) is 3.30. The summed E-state index contributed by atoms with van der Waals surface area (Å²) in [7, 11) is 0. The Morgan fingerprint density at radius 2 is 2.38 bits per heavy atom. The first-order valence-electron chi connectivity index (χ1n) is 4.11. The van der Waals surface area contributed by atoms with Crippen molar-refractivity contribution >= 4 is 0 Å². The first-order valence-corrected chi connectivity index (χ1v) is 4.11. The van der Waals surface area contributed by atoms with Crippen LogP contribution in [0.4, 0.5) is 0 Å². The van der Waals surface area contributed by atoms with Crippen molar-refractivity contribution in [3.8, 4) is 11.8 Å². The van der Waals surface area contributed by atoms with Crippen molar-refractivity contribution in [2.24, 2.45) is 5.73 Å². The maximum absolute atomic E-state index is 8.61. The second-order valence-corrected chi connectivity index (χ2v) is 2.93. The maximum Gasteiger partial charge on any atom is 0.120 e. The van der Waals surface area contributed by atoms with E-state index < -0.39 is 0 Å². The SMILES string of the molecule is C[C@H](N)COc1cccc(C#N)c1. The molecule has 1 aromatic carbocycles. The zero-order chi connectivity index (χ0) is 9.68. The van der Waals surface area contributed by atoms with Crippen LogP contribution in [0.25, 0.3) is 0 Å². The van der Waals surface area contributed by atoms with E-state index in [4.69, 9.17) is 15.7 Å². The van der Waals surface area contributed by atoms with Crippen LogP contribution in [-0.4, -0.2) is 12.6 Å². The Hall–Kier alpha value is -1.53. The van der Waals surface area contributed by atoms with Gasteiger partial charge in [0.25, 0.3) is 0 Å². The molecule has 0 aliphatic rings. The molecule has 0 heterocycles. The zero-order valence-corrected chi connectivity index (χ0v) is 7.53.